The molecule has 0 unspecified atom stereocenters. The molecule has 0 bridgehead atoms. The summed E-state index contributed by atoms with van der Waals surface area (Å²) in [4.78, 5) is 13.5. The van der Waals surface area contributed by atoms with Crippen LogP contribution in [0.4, 0.5) is 0 Å². The molecule has 1 aliphatic rings. The van der Waals surface area contributed by atoms with Gasteiger partial charge in [0, 0.05) is 31.9 Å². The number of carbonyl (C=O) groups excluding carboxylic acids is 1. The Morgan fingerprint density at radius 2 is 2.12 bits per heavy atom. The maximum atomic E-state index is 11.1. The van der Waals surface area contributed by atoms with Gasteiger partial charge in [-0.3, -0.25) is 14.9 Å². The zero-order valence-electron chi connectivity index (χ0n) is 14.3. The Hall–Kier alpha value is -2.96. The lowest BCUT2D eigenvalue weighted by Crippen LogP contribution is -2.19. The van der Waals surface area contributed by atoms with Crippen molar-refractivity contribution in [3.63, 3.8) is 0 Å². The highest BCUT2D eigenvalue weighted by molar-refractivity contribution is 5.90. The molecular formula is C20H20N4O2. The van der Waals surface area contributed by atoms with Gasteiger partial charge in [-0.25, -0.2) is 10.00 Å². The average Bonchev–Trinajstić information content (AvgIpc) is 3.27. The number of hydrogen-bond acceptors (Lipinski definition) is 4. The monoisotopic (exact) mass is 348 g/mol. The van der Waals surface area contributed by atoms with Crippen LogP contribution in [0.3, 0.4) is 0 Å². The van der Waals surface area contributed by atoms with E-state index >= 15 is 0 Å². The lowest BCUT2D eigenvalue weighted by molar-refractivity contribution is -0.124. The Kier molecular flexibility index (Phi) is 4.51. The Morgan fingerprint density at radius 1 is 1.23 bits per heavy atom. The molecule has 1 amide bonds. The zero-order chi connectivity index (χ0) is 17.9. The maximum Gasteiger partial charge on any atom is 0.267 e. The molecule has 0 saturated carbocycles. The van der Waals surface area contributed by atoms with Gasteiger partial charge in [0.05, 0.1) is 11.7 Å². The molecule has 6 nitrogen and oxygen atoms in total. The molecule has 6 heteroatoms. The summed E-state index contributed by atoms with van der Waals surface area (Å²) in [5, 5.41) is 12.9. The van der Waals surface area contributed by atoms with Crippen molar-refractivity contribution in [2.24, 2.45) is 0 Å². The number of nitrogens with zero attached hydrogens (tertiary/aromatic N) is 3. The fraction of sp³-hybridized carbons (Fsp3) is 0.200. The third-order valence-electron chi connectivity index (χ3n) is 4.76. The van der Waals surface area contributed by atoms with E-state index in [4.69, 9.17) is 5.21 Å². The fourth-order valence-electron chi connectivity index (χ4n) is 3.41. The molecular weight excluding hydrogens is 328 g/mol. The van der Waals surface area contributed by atoms with E-state index in [0.29, 0.717) is 0 Å². The highest BCUT2D eigenvalue weighted by Gasteiger charge is 2.19. The first-order valence-electron chi connectivity index (χ1n) is 8.60. The van der Waals surface area contributed by atoms with Crippen LogP contribution >= 0.6 is 0 Å². The number of carbonyl (C=O) groups is 1. The molecule has 0 atom stereocenters. The van der Waals surface area contributed by atoms with Crippen molar-refractivity contribution < 1.29 is 10.0 Å². The van der Waals surface area contributed by atoms with E-state index in [-0.39, 0.29) is 0 Å². The van der Waals surface area contributed by atoms with E-state index in [9.17, 15) is 4.79 Å². The van der Waals surface area contributed by atoms with E-state index in [0.717, 1.165) is 31.6 Å². The van der Waals surface area contributed by atoms with Crippen LogP contribution in [0.2, 0.25) is 0 Å². The number of benzene rings is 1. The number of hydrogen-bond donors (Lipinski definition) is 2. The molecule has 2 N–H and O–H groups in total. The second-order valence-corrected chi connectivity index (χ2v) is 6.50. The predicted molar refractivity (Wildman–Crippen MR) is 98.4 cm³/mol. The quantitative estimate of drug-likeness (QED) is 0.422. The summed E-state index contributed by atoms with van der Waals surface area (Å²) >= 11 is 0. The number of nitrogens with one attached hydrogen (secondary N) is 1. The zero-order valence-corrected chi connectivity index (χ0v) is 14.3. The van der Waals surface area contributed by atoms with Gasteiger partial charge in [0.25, 0.3) is 5.91 Å². The van der Waals surface area contributed by atoms with Gasteiger partial charge in [0.2, 0.25) is 0 Å². The summed E-state index contributed by atoms with van der Waals surface area (Å²) in [5.41, 5.74) is 7.60. The van der Waals surface area contributed by atoms with Gasteiger partial charge >= 0.3 is 0 Å². The SMILES string of the molecule is O=C(C=Cc1ccc2c(c1)CN(CCc1cnn3ccccc13)C2)NO. The molecule has 0 aliphatic carbocycles. The van der Waals surface area contributed by atoms with E-state index < -0.39 is 5.91 Å². The van der Waals surface area contributed by atoms with Crippen LogP contribution in [-0.2, 0) is 24.3 Å². The van der Waals surface area contributed by atoms with E-state index in [1.807, 2.05) is 35.1 Å². The Balaban J connectivity index is 1.41. The Labute approximate surface area is 151 Å². The minimum Gasteiger partial charge on any atom is -0.294 e. The van der Waals surface area contributed by atoms with Gasteiger partial charge in [-0.15, -0.1) is 0 Å². The first kappa shape index (κ1) is 16.5. The number of rotatable bonds is 5. The first-order chi connectivity index (χ1) is 12.7. The smallest absolute Gasteiger partial charge is 0.267 e. The Bertz CT molecular complexity index is 977. The topological polar surface area (TPSA) is 69.9 Å². The highest BCUT2D eigenvalue weighted by atomic mass is 16.5. The van der Waals surface area contributed by atoms with Crippen LogP contribution in [0.25, 0.3) is 11.6 Å². The molecule has 0 fully saturated rings. The maximum absolute atomic E-state index is 11.1. The number of amides is 1. The Morgan fingerprint density at radius 3 is 3.00 bits per heavy atom. The molecule has 0 saturated heterocycles. The molecule has 132 valence electrons. The van der Waals surface area contributed by atoms with Gasteiger partial charge in [-0.05, 0) is 46.9 Å². The summed E-state index contributed by atoms with van der Waals surface area (Å²) in [7, 11) is 0. The number of hydroxylamine groups is 1. The van der Waals surface area contributed by atoms with Crippen molar-refractivity contribution >= 4 is 17.5 Å². The molecule has 3 aromatic rings. The molecule has 1 aliphatic heterocycles. The van der Waals surface area contributed by atoms with Crippen LogP contribution < -0.4 is 5.48 Å². The van der Waals surface area contributed by atoms with Crippen molar-refractivity contribution in [2.75, 3.05) is 6.54 Å². The van der Waals surface area contributed by atoms with Gasteiger partial charge in [-0.2, -0.15) is 5.10 Å². The van der Waals surface area contributed by atoms with Gasteiger partial charge in [-0.1, -0.05) is 24.3 Å². The van der Waals surface area contributed by atoms with Crippen molar-refractivity contribution in [1.29, 1.82) is 0 Å². The highest BCUT2D eigenvalue weighted by Crippen LogP contribution is 2.25. The summed E-state index contributed by atoms with van der Waals surface area (Å²) in [6.45, 7) is 2.82. The standard InChI is InChI=1S/C20H20N4O2/c25-20(22-26)7-5-15-4-6-17-13-23(14-18(17)11-15)10-8-16-12-21-24-9-2-1-3-19(16)24/h1-7,9,11-12,26H,8,10,13-14H2,(H,22,25). The van der Waals surface area contributed by atoms with Crippen LogP contribution in [0.5, 0.6) is 0 Å². The minimum absolute atomic E-state index is 0.527. The summed E-state index contributed by atoms with van der Waals surface area (Å²) in [5.74, 6) is -0.527. The number of fused-ring (bicyclic) bond motifs is 2. The van der Waals surface area contributed by atoms with Crippen molar-refractivity contribution in [1.82, 2.24) is 20.0 Å². The van der Waals surface area contributed by atoms with Crippen LogP contribution in [0.1, 0.15) is 22.3 Å². The minimum atomic E-state index is -0.527. The molecule has 1 aromatic carbocycles. The fourth-order valence-corrected chi connectivity index (χ4v) is 3.41. The summed E-state index contributed by atoms with van der Waals surface area (Å²) in [6.07, 6.45) is 7.91. The van der Waals surface area contributed by atoms with E-state index in [2.05, 4.69) is 28.2 Å². The average molecular weight is 348 g/mol. The lowest BCUT2D eigenvalue weighted by Gasteiger charge is -2.13. The van der Waals surface area contributed by atoms with Crippen molar-refractivity contribution in [2.45, 2.75) is 19.5 Å². The molecule has 26 heavy (non-hydrogen) atoms. The van der Waals surface area contributed by atoms with E-state index in [1.54, 1.807) is 11.6 Å². The largest absolute Gasteiger partial charge is 0.294 e. The lowest BCUT2D eigenvalue weighted by atomic mass is 10.1. The first-order valence-corrected chi connectivity index (χ1v) is 8.60. The van der Waals surface area contributed by atoms with Crippen LogP contribution in [0, 0.1) is 0 Å². The van der Waals surface area contributed by atoms with Crippen molar-refractivity contribution in [3.05, 3.63) is 77.1 Å². The van der Waals surface area contributed by atoms with Gasteiger partial charge < -0.3 is 0 Å². The summed E-state index contributed by atoms with van der Waals surface area (Å²) < 4.78 is 1.91. The predicted octanol–water partition coefficient (Wildman–Crippen LogP) is 2.41. The summed E-state index contributed by atoms with van der Waals surface area (Å²) in [6, 6.07) is 12.3. The van der Waals surface area contributed by atoms with E-state index in [1.165, 1.54) is 28.3 Å². The molecule has 2 aromatic heterocycles. The van der Waals surface area contributed by atoms with Gasteiger partial charge in [0.1, 0.15) is 0 Å². The van der Waals surface area contributed by atoms with Crippen LogP contribution in [-0.4, -0.2) is 32.2 Å². The van der Waals surface area contributed by atoms with Crippen molar-refractivity contribution in [3.8, 4) is 0 Å². The van der Waals surface area contributed by atoms with Gasteiger partial charge in [0.15, 0.2) is 0 Å². The molecule has 3 heterocycles. The number of pyridine rings is 1. The van der Waals surface area contributed by atoms with Crippen LogP contribution in [0.15, 0.2) is 54.9 Å². The normalized spacial score (nSPS) is 14.2. The molecule has 0 radical (unpaired) electrons. The number of aromatic nitrogens is 2. The third kappa shape index (κ3) is 3.37. The molecule has 0 spiro atoms. The second-order valence-electron chi connectivity index (χ2n) is 6.50. The third-order valence-corrected chi connectivity index (χ3v) is 4.76. The second kappa shape index (κ2) is 7.11. The molecule has 4 rings (SSSR count).